The fourth-order valence-corrected chi connectivity index (χ4v) is 3.57. The molecule has 30 heavy (non-hydrogen) atoms. The average Bonchev–Trinajstić information content (AvgIpc) is 2.89. The molecule has 152 valence electrons. The molecule has 2 aromatic heterocycles. The second kappa shape index (κ2) is 8.32. The maximum atomic E-state index is 13.1. The predicted molar refractivity (Wildman–Crippen MR) is 118 cm³/mol. The van der Waals surface area contributed by atoms with Crippen LogP contribution in [0.25, 0.3) is 11.3 Å². The number of carbonyl (C=O) groups excluding carboxylic acids is 2. The summed E-state index contributed by atoms with van der Waals surface area (Å²) in [6.07, 6.45) is 3.46. The summed E-state index contributed by atoms with van der Waals surface area (Å²) in [7, 11) is 0. The summed E-state index contributed by atoms with van der Waals surface area (Å²) in [5.74, 6) is 0.455. The van der Waals surface area contributed by atoms with E-state index in [9.17, 15) is 9.59 Å². The molecule has 3 heterocycles. The van der Waals surface area contributed by atoms with Crippen molar-refractivity contribution in [2.45, 2.75) is 20.3 Å². The van der Waals surface area contributed by atoms with E-state index in [0.717, 1.165) is 16.8 Å². The van der Waals surface area contributed by atoms with Gasteiger partial charge in [-0.25, -0.2) is 9.78 Å². The molecule has 0 atom stereocenters. The molecule has 0 saturated heterocycles. The Morgan fingerprint density at radius 2 is 1.93 bits per heavy atom. The maximum absolute atomic E-state index is 13.1. The summed E-state index contributed by atoms with van der Waals surface area (Å²) in [6.45, 7) is 4.71. The second-order valence-corrected chi connectivity index (χ2v) is 7.11. The minimum Gasteiger partial charge on any atom is -0.309 e. The van der Waals surface area contributed by atoms with Crippen LogP contribution < -0.4 is 15.1 Å². The Balaban J connectivity index is 1.77. The lowest BCUT2D eigenvalue weighted by molar-refractivity contribution is -0.118. The van der Waals surface area contributed by atoms with Crippen molar-refractivity contribution in [2.75, 3.05) is 28.2 Å². The van der Waals surface area contributed by atoms with Crippen LogP contribution in [-0.2, 0) is 4.79 Å². The number of rotatable bonds is 3. The summed E-state index contributed by atoms with van der Waals surface area (Å²) in [5.41, 5.74) is 4.12. The number of urea groups is 1. The molecule has 0 spiro atoms. The number of carbonyl (C=O) groups is 2. The zero-order chi connectivity index (χ0) is 21.1. The van der Waals surface area contributed by atoms with Gasteiger partial charge >= 0.3 is 6.03 Å². The third-order valence-corrected chi connectivity index (χ3v) is 5.06. The number of amides is 3. The van der Waals surface area contributed by atoms with Crippen molar-refractivity contribution in [3.8, 4) is 11.3 Å². The van der Waals surface area contributed by atoms with Crippen LogP contribution in [0.3, 0.4) is 0 Å². The quantitative estimate of drug-likeness (QED) is 0.712. The number of pyridine rings is 2. The van der Waals surface area contributed by atoms with Gasteiger partial charge in [0.2, 0.25) is 5.91 Å². The highest BCUT2D eigenvalue weighted by atomic mass is 16.2. The molecule has 1 aliphatic heterocycles. The second-order valence-electron chi connectivity index (χ2n) is 7.11. The largest absolute Gasteiger partial charge is 0.327 e. The van der Waals surface area contributed by atoms with Crippen molar-refractivity contribution in [3.63, 3.8) is 0 Å². The van der Waals surface area contributed by atoms with Gasteiger partial charge in [0.05, 0.1) is 11.4 Å². The van der Waals surface area contributed by atoms with E-state index in [2.05, 4.69) is 16.4 Å². The Labute approximate surface area is 175 Å². The molecule has 0 saturated carbocycles. The van der Waals surface area contributed by atoms with Gasteiger partial charge in [-0.1, -0.05) is 23.8 Å². The van der Waals surface area contributed by atoms with Crippen molar-refractivity contribution in [2.24, 2.45) is 0 Å². The van der Waals surface area contributed by atoms with Crippen molar-refractivity contribution in [3.05, 3.63) is 66.5 Å². The lowest BCUT2D eigenvalue weighted by Crippen LogP contribution is -2.36. The number of hydrogen-bond donors (Lipinski definition) is 1. The monoisotopic (exact) mass is 401 g/mol. The highest BCUT2D eigenvalue weighted by Gasteiger charge is 2.30. The number of anilines is 3. The standard InChI is InChI=1S/C23H23N5O2/c1-3-27-20-8-7-19(17-6-4-5-16(2)15-17)26-22(20)28(14-11-21(27)29)23(30)25-18-9-12-24-13-10-18/h4-10,12-13,15H,3,11,14H2,1-2H3,(H,24,25,30). The summed E-state index contributed by atoms with van der Waals surface area (Å²) < 4.78 is 0. The van der Waals surface area contributed by atoms with Gasteiger partial charge in [0.25, 0.3) is 0 Å². The first kappa shape index (κ1) is 19.6. The Kier molecular flexibility index (Phi) is 5.43. The highest BCUT2D eigenvalue weighted by Crippen LogP contribution is 2.34. The third kappa shape index (κ3) is 3.87. The molecule has 0 radical (unpaired) electrons. The van der Waals surface area contributed by atoms with E-state index in [1.165, 1.54) is 0 Å². The normalized spacial score (nSPS) is 13.6. The fourth-order valence-electron chi connectivity index (χ4n) is 3.57. The zero-order valence-electron chi connectivity index (χ0n) is 17.0. The van der Waals surface area contributed by atoms with Gasteiger partial charge in [0, 0.05) is 43.2 Å². The van der Waals surface area contributed by atoms with Gasteiger partial charge in [-0.05, 0) is 44.2 Å². The first-order chi connectivity index (χ1) is 14.6. The third-order valence-electron chi connectivity index (χ3n) is 5.06. The number of nitrogens with one attached hydrogen (secondary N) is 1. The van der Waals surface area contributed by atoms with Crippen molar-refractivity contribution >= 4 is 29.1 Å². The van der Waals surface area contributed by atoms with E-state index in [0.29, 0.717) is 23.7 Å². The van der Waals surface area contributed by atoms with E-state index in [1.54, 1.807) is 34.3 Å². The van der Waals surface area contributed by atoms with Crippen molar-refractivity contribution in [1.82, 2.24) is 9.97 Å². The molecule has 7 heteroatoms. The summed E-state index contributed by atoms with van der Waals surface area (Å²) >= 11 is 0. The summed E-state index contributed by atoms with van der Waals surface area (Å²) in [5, 5.41) is 2.87. The first-order valence-corrected chi connectivity index (χ1v) is 9.94. The lowest BCUT2D eigenvalue weighted by Gasteiger charge is -2.24. The van der Waals surface area contributed by atoms with Crippen LogP contribution in [0.4, 0.5) is 22.0 Å². The van der Waals surface area contributed by atoms with Gasteiger partial charge in [0.15, 0.2) is 5.82 Å². The number of aromatic nitrogens is 2. The molecule has 3 amide bonds. The Bertz CT molecular complexity index is 1080. The van der Waals surface area contributed by atoms with Gasteiger partial charge in [-0.3, -0.25) is 14.7 Å². The summed E-state index contributed by atoms with van der Waals surface area (Å²) in [4.78, 5) is 37.8. The minimum absolute atomic E-state index is 0.0249. The average molecular weight is 401 g/mol. The van der Waals surface area contributed by atoms with Gasteiger partial charge in [0.1, 0.15) is 0 Å². The first-order valence-electron chi connectivity index (χ1n) is 9.94. The number of aryl methyl sites for hydroxylation is 1. The van der Waals surface area contributed by atoms with Gasteiger partial charge in [-0.15, -0.1) is 0 Å². The molecule has 1 aliphatic rings. The van der Waals surface area contributed by atoms with Crippen molar-refractivity contribution in [1.29, 1.82) is 0 Å². The zero-order valence-corrected chi connectivity index (χ0v) is 17.0. The summed E-state index contributed by atoms with van der Waals surface area (Å²) in [6, 6.07) is 14.9. The van der Waals surface area contributed by atoms with E-state index in [-0.39, 0.29) is 24.9 Å². The van der Waals surface area contributed by atoms with E-state index < -0.39 is 0 Å². The molecule has 0 unspecified atom stereocenters. The van der Waals surface area contributed by atoms with Gasteiger partial charge in [-0.2, -0.15) is 0 Å². The minimum atomic E-state index is -0.331. The van der Waals surface area contributed by atoms with Gasteiger partial charge < -0.3 is 10.2 Å². The molecule has 0 bridgehead atoms. The van der Waals surface area contributed by atoms with Crippen LogP contribution in [0.1, 0.15) is 18.9 Å². The fraction of sp³-hybridized carbons (Fsp3) is 0.217. The Morgan fingerprint density at radius 3 is 2.67 bits per heavy atom. The molecule has 0 aliphatic carbocycles. The molecule has 4 rings (SSSR count). The van der Waals surface area contributed by atoms with Crippen LogP contribution in [-0.4, -0.2) is 35.0 Å². The Morgan fingerprint density at radius 1 is 1.13 bits per heavy atom. The van der Waals surface area contributed by atoms with E-state index in [4.69, 9.17) is 4.98 Å². The van der Waals surface area contributed by atoms with Crippen LogP contribution >= 0.6 is 0 Å². The topological polar surface area (TPSA) is 78.4 Å². The van der Waals surface area contributed by atoms with Crippen molar-refractivity contribution < 1.29 is 9.59 Å². The molecular formula is C23H23N5O2. The molecule has 1 N–H and O–H groups in total. The SMILES string of the molecule is CCN1C(=O)CCN(C(=O)Nc2ccncc2)c2nc(-c3cccc(C)c3)ccc21. The number of benzene rings is 1. The smallest absolute Gasteiger partial charge is 0.309 e. The molecule has 0 fully saturated rings. The lowest BCUT2D eigenvalue weighted by atomic mass is 10.1. The highest BCUT2D eigenvalue weighted by molar-refractivity contribution is 6.07. The van der Waals surface area contributed by atoms with E-state index >= 15 is 0 Å². The van der Waals surface area contributed by atoms with Crippen LogP contribution in [0, 0.1) is 6.92 Å². The van der Waals surface area contributed by atoms with Crippen LogP contribution in [0.2, 0.25) is 0 Å². The van der Waals surface area contributed by atoms with E-state index in [1.807, 2.05) is 44.2 Å². The Hall–Kier alpha value is -3.74. The molecule has 3 aromatic rings. The maximum Gasteiger partial charge on any atom is 0.327 e. The number of fused-ring (bicyclic) bond motifs is 1. The molecule has 1 aromatic carbocycles. The molecule has 7 nitrogen and oxygen atoms in total. The predicted octanol–water partition coefficient (Wildman–Crippen LogP) is 4.25. The van der Waals surface area contributed by atoms with Crippen LogP contribution in [0.5, 0.6) is 0 Å². The molecular weight excluding hydrogens is 378 g/mol. The van der Waals surface area contributed by atoms with Crippen LogP contribution in [0.15, 0.2) is 60.9 Å². The number of nitrogens with zero attached hydrogens (tertiary/aromatic N) is 4. The number of hydrogen-bond acceptors (Lipinski definition) is 4.